The van der Waals surface area contributed by atoms with E-state index < -0.39 is 0 Å². The molecule has 22 heavy (non-hydrogen) atoms. The van der Waals surface area contributed by atoms with E-state index in [1.807, 2.05) is 5.38 Å². The Bertz CT molecular complexity index is 741. The maximum atomic E-state index is 12.9. The number of nitrogens with zero attached hydrogens (tertiary/aromatic N) is 3. The molecule has 4 N–H and O–H groups in total. The fourth-order valence-electron chi connectivity index (χ4n) is 1.80. The lowest BCUT2D eigenvalue weighted by molar-refractivity contribution is 0.628. The molecule has 1 aromatic carbocycles. The van der Waals surface area contributed by atoms with Crippen LogP contribution in [0, 0.1) is 5.82 Å². The van der Waals surface area contributed by atoms with Gasteiger partial charge >= 0.3 is 0 Å². The van der Waals surface area contributed by atoms with Crippen molar-refractivity contribution in [2.45, 2.75) is 6.54 Å². The van der Waals surface area contributed by atoms with Gasteiger partial charge in [-0.1, -0.05) is 0 Å². The SMILES string of the molecule is Cl.Cl.Nc1cnn(Cc2nc(-c3ccc(F)cc3)cs2)c1N. The fraction of sp³-hybridized carbons (Fsp3) is 0.0769. The Morgan fingerprint density at radius 3 is 2.41 bits per heavy atom. The Morgan fingerprint density at radius 1 is 1.14 bits per heavy atom. The number of halogens is 3. The van der Waals surface area contributed by atoms with Crippen LogP contribution in [0.1, 0.15) is 5.01 Å². The number of aromatic nitrogens is 3. The van der Waals surface area contributed by atoms with E-state index in [9.17, 15) is 4.39 Å². The molecule has 2 heterocycles. The fourth-order valence-corrected chi connectivity index (χ4v) is 2.58. The lowest BCUT2D eigenvalue weighted by Gasteiger charge is -2.01. The summed E-state index contributed by atoms with van der Waals surface area (Å²) in [5, 5.41) is 6.87. The monoisotopic (exact) mass is 361 g/mol. The number of benzene rings is 1. The molecule has 2 aromatic heterocycles. The maximum Gasteiger partial charge on any atom is 0.145 e. The quantitative estimate of drug-likeness (QED) is 0.750. The van der Waals surface area contributed by atoms with Crippen molar-refractivity contribution in [3.8, 4) is 11.3 Å². The second-order valence-electron chi connectivity index (χ2n) is 4.28. The summed E-state index contributed by atoms with van der Waals surface area (Å²) in [6, 6.07) is 6.24. The van der Waals surface area contributed by atoms with Gasteiger partial charge in [-0.25, -0.2) is 14.1 Å². The smallest absolute Gasteiger partial charge is 0.145 e. The highest BCUT2D eigenvalue weighted by molar-refractivity contribution is 7.09. The molecule has 0 saturated heterocycles. The first-order valence-corrected chi connectivity index (χ1v) is 6.78. The first-order chi connectivity index (χ1) is 9.63. The van der Waals surface area contributed by atoms with Crippen LogP contribution >= 0.6 is 36.2 Å². The third kappa shape index (κ3) is 3.68. The maximum absolute atomic E-state index is 12.9. The summed E-state index contributed by atoms with van der Waals surface area (Å²) in [6.45, 7) is 0.467. The molecular formula is C13H14Cl2FN5S. The first kappa shape index (κ1) is 18.2. The topological polar surface area (TPSA) is 82.8 Å². The molecule has 3 rings (SSSR count). The minimum atomic E-state index is -0.260. The van der Waals surface area contributed by atoms with Crippen molar-refractivity contribution in [1.29, 1.82) is 0 Å². The highest BCUT2D eigenvalue weighted by Gasteiger charge is 2.09. The summed E-state index contributed by atoms with van der Waals surface area (Å²) in [6.07, 6.45) is 1.52. The number of nitrogen functional groups attached to an aromatic ring is 2. The molecule has 0 radical (unpaired) electrons. The van der Waals surface area contributed by atoms with E-state index in [2.05, 4.69) is 10.1 Å². The van der Waals surface area contributed by atoms with Crippen LogP contribution in [0.25, 0.3) is 11.3 Å². The van der Waals surface area contributed by atoms with Gasteiger partial charge < -0.3 is 11.5 Å². The van der Waals surface area contributed by atoms with E-state index in [0.29, 0.717) is 18.1 Å². The molecule has 0 unspecified atom stereocenters. The van der Waals surface area contributed by atoms with Gasteiger partial charge in [0.25, 0.3) is 0 Å². The minimum Gasteiger partial charge on any atom is -0.394 e. The Balaban J connectivity index is 0.00000121. The second-order valence-corrected chi connectivity index (χ2v) is 5.22. The molecule has 0 saturated carbocycles. The van der Waals surface area contributed by atoms with Crippen LogP contribution in [0.2, 0.25) is 0 Å². The number of thiazole rings is 1. The molecule has 0 aliphatic carbocycles. The molecule has 0 bridgehead atoms. The summed E-state index contributed by atoms with van der Waals surface area (Å²) < 4.78 is 14.5. The molecule has 0 atom stereocenters. The Kier molecular flexibility index (Phi) is 6.16. The van der Waals surface area contributed by atoms with Crippen LogP contribution in [-0.2, 0) is 6.54 Å². The van der Waals surface area contributed by atoms with Gasteiger partial charge in [-0.05, 0) is 24.3 Å². The van der Waals surface area contributed by atoms with Gasteiger partial charge in [-0.3, -0.25) is 0 Å². The molecule has 9 heteroatoms. The van der Waals surface area contributed by atoms with E-state index in [-0.39, 0.29) is 30.6 Å². The standard InChI is InChI=1S/C13H12FN5S.2ClH/c14-9-3-1-8(2-4-9)11-7-20-12(18-11)6-19-13(16)10(15)5-17-19;;/h1-5,7H,6,15-16H2;2*1H. The second kappa shape index (κ2) is 7.44. The zero-order valence-corrected chi connectivity index (χ0v) is 13.7. The number of hydrogen-bond acceptors (Lipinski definition) is 5. The summed E-state index contributed by atoms with van der Waals surface area (Å²) in [5.41, 5.74) is 13.6. The minimum absolute atomic E-state index is 0. The Labute approximate surface area is 143 Å². The number of rotatable bonds is 3. The molecule has 118 valence electrons. The van der Waals surface area contributed by atoms with Crippen LogP contribution in [0.4, 0.5) is 15.9 Å². The van der Waals surface area contributed by atoms with Gasteiger partial charge in [0.05, 0.1) is 24.1 Å². The molecule has 0 aliphatic rings. The lowest BCUT2D eigenvalue weighted by Crippen LogP contribution is -2.06. The van der Waals surface area contributed by atoms with Gasteiger partial charge in [0, 0.05) is 10.9 Å². The number of anilines is 2. The molecular weight excluding hydrogens is 348 g/mol. The molecule has 0 fully saturated rings. The number of hydrogen-bond donors (Lipinski definition) is 2. The predicted octanol–water partition coefficient (Wildman–Crippen LogP) is 3.20. The zero-order chi connectivity index (χ0) is 14.1. The summed E-state index contributed by atoms with van der Waals surface area (Å²) in [7, 11) is 0. The van der Waals surface area contributed by atoms with Crippen molar-refractivity contribution in [2.24, 2.45) is 0 Å². The van der Waals surface area contributed by atoms with Gasteiger partial charge in [0.15, 0.2) is 0 Å². The van der Waals surface area contributed by atoms with E-state index in [4.69, 9.17) is 11.5 Å². The number of nitrogens with two attached hydrogens (primary N) is 2. The normalized spacial score (nSPS) is 9.86. The molecule has 3 aromatic rings. The molecule has 0 aliphatic heterocycles. The largest absolute Gasteiger partial charge is 0.394 e. The van der Waals surface area contributed by atoms with E-state index >= 15 is 0 Å². The van der Waals surface area contributed by atoms with E-state index in [1.54, 1.807) is 16.8 Å². The van der Waals surface area contributed by atoms with Crippen LogP contribution in [0.3, 0.4) is 0 Å². The van der Waals surface area contributed by atoms with Crippen molar-refractivity contribution in [2.75, 3.05) is 11.5 Å². The zero-order valence-electron chi connectivity index (χ0n) is 11.3. The van der Waals surface area contributed by atoms with E-state index in [0.717, 1.165) is 16.3 Å². The molecule has 5 nitrogen and oxygen atoms in total. The molecule has 0 spiro atoms. The van der Waals surface area contributed by atoms with Crippen LogP contribution in [0.5, 0.6) is 0 Å². The van der Waals surface area contributed by atoms with Crippen LogP contribution in [0.15, 0.2) is 35.8 Å². The van der Waals surface area contributed by atoms with Gasteiger partial charge in [0.1, 0.15) is 16.6 Å². The van der Waals surface area contributed by atoms with E-state index in [1.165, 1.54) is 29.7 Å². The summed E-state index contributed by atoms with van der Waals surface area (Å²) >= 11 is 1.50. The summed E-state index contributed by atoms with van der Waals surface area (Å²) in [4.78, 5) is 4.49. The lowest BCUT2D eigenvalue weighted by atomic mass is 10.2. The van der Waals surface area contributed by atoms with Crippen molar-refractivity contribution < 1.29 is 4.39 Å². The third-order valence-electron chi connectivity index (χ3n) is 2.89. The molecule has 0 amide bonds. The summed E-state index contributed by atoms with van der Waals surface area (Å²) in [5.74, 6) is 0.174. The van der Waals surface area contributed by atoms with Crippen LogP contribution < -0.4 is 11.5 Å². The van der Waals surface area contributed by atoms with Crippen LogP contribution in [-0.4, -0.2) is 14.8 Å². The van der Waals surface area contributed by atoms with Crippen molar-refractivity contribution in [1.82, 2.24) is 14.8 Å². The Hall–Kier alpha value is -1.83. The van der Waals surface area contributed by atoms with Crippen molar-refractivity contribution in [3.63, 3.8) is 0 Å². The first-order valence-electron chi connectivity index (χ1n) is 5.90. The highest BCUT2D eigenvalue weighted by Crippen LogP contribution is 2.23. The van der Waals surface area contributed by atoms with Crippen molar-refractivity contribution in [3.05, 3.63) is 46.7 Å². The Morgan fingerprint density at radius 2 is 1.82 bits per heavy atom. The highest BCUT2D eigenvalue weighted by atomic mass is 35.5. The van der Waals surface area contributed by atoms with Gasteiger partial charge in [-0.2, -0.15) is 5.10 Å². The average molecular weight is 362 g/mol. The third-order valence-corrected chi connectivity index (χ3v) is 3.72. The van der Waals surface area contributed by atoms with Gasteiger partial charge in [-0.15, -0.1) is 36.2 Å². The average Bonchev–Trinajstić information content (AvgIpc) is 3.02. The van der Waals surface area contributed by atoms with Crippen molar-refractivity contribution >= 4 is 47.7 Å². The predicted molar refractivity (Wildman–Crippen MR) is 92.2 cm³/mol. The van der Waals surface area contributed by atoms with Gasteiger partial charge in [0.2, 0.25) is 0 Å².